The monoisotopic (exact) mass is 259 g/mol. The normalized spacial score (nSPS) is 14.3. The maximum absolute atomic E-state index is 10.7. The Morgan fingerprint density at radius 1 is 1.42 bits per heavy atom. The molecule has 1 fully saturated rings. The van der Waals surface area contributed by atoms with E-state index < -0.39 is 5.97 Å². The lowest BCUT2D eigenvalue weighted by Crippen LogP contribution is -1.98. The summed E-state index contributed by atoms with van der Waals surface area (Å²) in [6.45, 7) is 0.736. The second-order valence-electron chi connectivity index (χ2n) is 4.66. The van der Waals surface area contributed by atoms with E-state index in [9.17, 15) is 4.79 Å². The number of carbonyl (C=O) groups is 1. The van der Waals surface area contributed by atoms with Crippen LogP contribution in [0.2, 0.25) is 0 Å². The quantitative estimate of drug-likeness (QED) is 0.893. The molecule has 0 spiro atoms. The Morgan fingerprint density at radius 3 is 2.95 bits per heavy atom. The molecule has 0 radical (unpaired) electrons. The summed E-state index contributed by atoms with van der Waals surface area (Å²) in [5.74, 6) is 0.774. The van der Waals surface area contributed by atoms with Gasteiger partial charge in [-0.3, -0.25) is 0 Å². The number of hydrogen-bond donors (Lipinski definition) is 1. The van der Waals surface area contributed by atoms with Crippen LogP contribution in [-0.4, -0.2) is 22.8 Å². The third-order valence-corrected chi connectivity index (χ3v) is 3.03. The minimum Gasteiger partial charge on any atom is -0.493 e. The summed E-state index contributed by atoms with van der Waals surface area (Å²) in [5, 5.41) is 12.3. The maximum Gasteiger partial charge on any atom is 0.358 e. The number of nitrogens with zero attached hydrogens (tertiary/aromatic N) is 1. The van der Waals surface area contributed by atoms with Crippen molar-refractivity contribution in [3.05, 3.63) is 36.0 Å². The summed E-state index contributed by atoms with van der Waals surface area (Å²) in [7, 11) is 0. The summed E-state index contributed by atoms with van der Waals surface area (Å²) < 4.78 is 10.7. The van der Waals surface area contributed by atoms with Crippen LogP contribution >= 0.6 is 0 Å². The van der Waals surface area contributed by atoms with Crippen LogP contribution in [0.3, 0.4) is 0 Å². The van der Waals surface area contributed by atoms with Crippen LogP contribution in [0.5, 0.6) is 5.75 Å². The molecular weight excluding hydrogens is 246 g/mol. The molecule has 19 heavy (non-hydrogen) atoms. The SMILES string of the molecule is O=C(O)c1cc(-c2cccc(OCC3CC3)c2)on1. The lowest BCUT2D eigenvalue weighted by molar-refractivity contribution is 0.0686. The number of ether oxygens (including phenoxy) is 1. The Labute approximate surface area is 109 Å². The van der Waals surface area contributed by atoms with Crippen molar-refractivity contribution in [3.63, 3.8) is 0 Å². The molecule has 1 aromatic heterocycles. The van der Waals surface area contributed by atoms with Crippen molar-refractivity contribution >= 4 is 5.97 Å². The van der Waals surface area contributed by atoms with Crippen LogP contribution < -0.4 is 4.74 Å². The smallest absolute Gasteiger partial charge is 0.358 e. The highest BCUT2D eigenvalue weighted by Crippen LogP contribution is 2.30. The Kier molecular flexibility index (Phi) is 2.95. The van der Waals surface area contributed by atoms with Crippen LogP contribution in [0.4, 0.5) is 0 Å². The predicted molar refractivity (Wildman–Crippen MR) is 67.1 cm³/mol. The molecule has 0 amide bonds. The van der Waals surface area contributed by atoms with E-state index >= 15 is 0 Å². The molecule has 5 heteroatoms. The van der Waals surface area contributed by atoms with Crippen LogP contribution in [0.1, 0.15) is 23.3 Å². The van der Waals surface area contributed by atoms with Gasteiger partial charge in [-0.2, -0.15) is 0 Å². The lowest BCUT2D eigenvalue weighted by atomic mass is 10.1. The first kappa shape index (κ1) is 11.8. The van der Waals surface area contributed by atoms with E-state index in [1.807, 2.05) is 24.3 Å². The molecule has 1 aliphatic carbocycles. The van der Waals surface area contributed by atoms with E-state index in [1.165, 1.54) is 18.9 Å². The van der Waals surface area contributed by atoms with Crippen molar-refractivity contribution in [1.29, 1.82) is 0 Å². The molecule has 0 unspecified atom stereocenters. The number of hydrogen-bond acceptors (Lipinski definition) is 4. The summed E-state index contributed by atoms with van der Waals surface area (Å²) in [5.41, 5.74) is 0.660. The van der Waals surface area contributed by atoms with Crippen molar-refractivity contribution in [2.45, 2.75) is 12.8 Å². The molecule has 1 N–H and O–H groups in total. The molecule has 1 aromatic carbocycles. The minimum absolute atomic E-state index is 0.0979. The highest BCUT2D eigenvalue weighted by atomic mass is 16.5. The van der Waals surface area contributed by atoms with Crippen LogP contribution in [0, 0.1) is 5.92 Å². The van der Waals surface area contributed by atoms with Gasteiger partial charge in [0.2, 0.25) is 0 Å². The first-order valence-corrected chi connectivity index (χ1v) is 6.15. The molecule has 0 saturated heterocycles. The zero-order valence-corrected chi connectivity index (χ0v) is 10.2. The van der Waals surface area contributed by atoms with Gasteiger partial charge in [0.15, 0.2) is 11.5 Å². The molecule has 2 aromatic rings. The van der Waals surface area contributed by atoms with Crippen molar-refractivity contribution in [3.8, 4) is 17.1 Å². The lowest BCUT2D eigenvalue weighted by Gasteiger charge is -2.05. The molecule has 0 atom stereocenters. The van der Waals surface area contributed by atoms with Crippen LogP contribution in [0.15, 0.2) is 34.9 Å². The zero-order valence-electron chi connectivity index (χ0n) is 10.2. The summed E-state index contributed by atoms with van der Waals surface area (Å²) in [4.78, 5) is 10.7. The van der Waals surface area contributed by atoms with Gasteiger partial charge in [0.05, 0.1) is 6.61 Å². The Balaban J connectivity index is 1.78. The molecule has 0 aliphatic heterocycles. The number of benzene rings is 1. The molecule has 1 aliphatic rings. The molecule has 5 nitrogen and oxygen atoms in total. The Morgan fingerprint density at radius 2 is 2.26 bits per heavy atom. The second-order valence-corrected chi connectivity index (χ2v) is 4.66. The molecule has 1 saturated carbocycles. The van der Waals surface area contributed by atoms with E-state index in [1.54, 1.807) is 0 Å². The predicted octanol–water partition coefficient (Wildman–Crippen LogP) is 2.83. The number of aromatic nitrogens is 1. The first-order valence-electron chi connectivity index (χ1n) is 6.15. The highest BCUT2D eigenvalue weighted by molar-refractivity contribution is 5.86. The first-order chi connectivity index (χ1) is 9.22. The van der Waals surface area contributed by atoms with E-state index in [2.05, 4.69) is 5.16 Å². The molecule has 1 heterocycles. The van der Waals surface area contributed by atoms with Crippen LogP contribution in [0.25, 0.3) is 11.3 Å². The maximum atomic E-state index is 10.7. The Bertz CT molecular complexity index is 601. The minimum atomic E-state index is -1.10. The average molecular weight is 259 g/mol. The summed E-state index contributed by atoms with van der Waals surface area (Å²) >= 11 is 0. The van der Waals surface area contributed by atoms with Crippen molar-refractivity contribution in [2.75, 3.05) is 6.61 Å². The van der Waals surface area contributed by atoms with Gasteiger partial charge in [-0.05, 0) is 30.9 Å². The standard InChI is InChI=1S/C14H13NO4/c16-14(17)12-7-13(19-15-12)10-2-1-3-11(6-10)18-8-9-4-5-9/h1-3,6-7,9H,4-5,8H2,(H,16,17). The van der Waals surface area contributed by atoms with Crippen molar-refractivity contribution in [2.24, 2.45) is 5.92 Å². The largest absolute Gasteiger partial charge is 0.493 e. The summed E-state index contributed by atoms with van der Waals surface area (Å²) in [6, 6.07) is 8.79. The van der Waals surface area contributed by atoms with E-state index in [-0.39, 0.29) is 5.69 Å². The van der Waals surface area contributed by atoms with E-state index in [0.717, 1.165) is 17.9 Å². The molecule has 3 rings (SSSR count). The van der Waals surface area contributed by atoms with Gasteiger partial charge in [-0.15, -0.1) is 0 Å². The van der Waals surface area contributed by atoms with Crippen LogP contribution in [-0.2, 0) is 0 Å². The number of rotatable bonds is 5. The van der Waals surface area contributed by atoms with Gasteiger partial charge in [0, 0.05) is 11.6 Å². The third-order valence-electron chi connectivity index (χ3n) is 3.03. The number of carboxylic acids is 1. The van der Waals surface area contributed by atoms with Crippen molar-refractivity contribution in [1.82, 2.24) is 5.16 Å². The second kappa shape index (κ2) is 4.76. The molecule has 98 valence electrons. The van der Waals surface area contributed by atoms with Gasteiger partial charge in [-0.25, -0.2) is 4.79 Å². The fourth-order valence-corrected chi connectivity index (χ4v) is 1.75. The topological polar surface area (TPSA) is 72.6 Å². The fourth-order valence-electron chi connectivity index (χ4n) is 1.75. The van der Waals surface area contributed by atoms with Gasteiger partial charge < -0.3 is 14.4 Å². The summed E-state index contributed by atoms with van der Waals surface area (Å²) in [6.07, 6.45) is 2.48. The average Bonchev–Trinajstić information content (AvgIpc) is 3.10. The Hall–Kier alpha value is -2.30. The van der Waals surface area contributed by atoms with E-state index in [4.69, 9.17) is 14.4 Å². The van der Waals surface area contributed by atoms with Gasteiger partial charge in [-0.1, -0.05) is 17.3 Å². The third kappa shape index (κ3) is 2.76. The van der Waals surface area contributed by atoms with Gasteiger partial charge in [0.1, 0.15) is 5.75 Å². The number of aromatic carboxylic acids is 1. The molecule has 0 bridgehead atoms. The number of carboxylic acid groups (broad SMARTS) is 1. The fraction of sp³-hybridized carbons (Fsp3) is 0.286. The van der Waals surface area contributed by atoms with Gasteiger partial charge in [0.25, 0.3) is 0 Å². The van der Waals surface area contributed by atoms with Gasteiger partial charge >= 0.3 is 5.97 Å². The highest BCUT2D eigenvalue weighted by Gasteiger charge is 2.22. The molecular formula is C14H13NO4. The van der Waals surface area contributed by atoms with Crippen molar-refractivity contribution < 1.29 is 19.2 Å². The zero-order chi connectivity index (χ0) is 13.2. The van der Waals surface area contributed by atoms with E-state index in [0.29, 0.717) is 11.7 Å².